The van der Waals surface area contributed by atoms with Crippen molar-refractivity contribution in [1.29, 1.82) is 0 Å². The Hall–Kier alpha value is -3.55. The number of rotatable bonds is 8. The normalized spacial score (nSPS) is 15.4. The van der Waals surface area contributed by atoms with Gasteiger partial charge in [-0.05, 0) is 42.3 Å². The smallest absolute Gasteiger partial charge is 0.243 e. The number of aliphatic carboxylic acids is 1. The lowest BCUT2D eigenvalue weighted by molar-refractivity contribution is -0.305. The number of hydrazone groups is 1. The quantitative estimate of drug-likeness (QED) is 0.643. The number of methoxy groups -OCH3 is 2. The molecule has 31 heavy (non-hydrogen) atoms. The monoisotopic (exact) mass is 424 g/mol. The highest BCUT2D eigenvalue weighted by atomic mass is 16.5. The predicted octanol–water partition coefficient (Wildman–Crippen LogP) is 1.98. The third-order valence-corrected chi connectivity index (χ3v) is 5.22. The summed E-state index contributed by atoms with van der Waals surface area (Å²) in [4.78, 5) is 25.6. The summed E-state index contributed by atoms with van der Waals surface area (Å²) < 4.78 is 10.7. The van der Waals surface area contributed by atoms with Crippen LogP contribution in [0.4, 0.5) is 5.69 Å². The summed E-state index contributed by atoms with van der Waals surface area (Å²) in [6.07, 6.45) is -0.0198. The molecule has 1 heterocycles. The minimum atomic E-state index is -1.26. The van der Waals surface area contributed by atoms with Crippen LogP contribution in [0.1, 0.15) is 36.4 Å². The fraction of sp³-hybridized carbons (Fsp3) is 0.348. The number of carboxylic acid groups (broad SMARTS) is 1. The molecule has 2 aromatic carbocycles. The van der Waals surface area contributed by atoms with Crippen LogP contribution in [-0.4, -0.2) is 50.9 Å². The number of carbonyl (C=O) groups is 2. The maximum Gasteiger partial charge on any atom is 0.243 e. The van der Waals surface area contributed by atoms with Crippen LogP contribution in [-0.2, 0) is 9.59 Å². The van der Waals surface area contributed by atoms with Crippen molar-refractivity contribution in [3.63, 3.8) is 0 Å². The molecule has 0 N–H and O–H groups in total. The van der Waals surface area contributed by atoms with Crippen molar-refractivity contribution >= 4 is 23.3 Å². The van der Waals surface area contributed by atoms with Crippen molar-refractivity contribution in [2.45, 2.75) is 25.3 Å². The Bertz CT molecular complexity index is 985. The number of amides is 1. The number of carbonyl (C=O) groups excluding carboxylic acids is 2. The van der Waals surface area contributed by atoms with Crippen molar-refractivity contribution in [2.75, 3.05) is 33.2 Å². The van der Waals surface area contributed by atoms with Gasteiger partial charge in [-0.2, -0.15) is 5.10 Å². The second-order valence-electron chi connectivity index (χ2n) is 7.43. The summed E-state index contributed by atoms with van der Waals surface area (Å²) in [7, 11) is 7.04. The van der Waals surface area contributed by atoms with Gasteiger partial charge in [0.25, 0.3) is 0 Å². The molecule has 0 saturated heterocycles. The second kappa shape index (κ2) is 9.51. The molecule has 3 rings (SSSR count). The summed E-state index contributed by atoms with van der Waals surface area (Å²) in [5.74, 6) is -0.455. The zero-order chi connectivity index (χ0) is 22.5. The molecule has 2 aromatic rings. The maximum atomic E-state index is 12.8. The fourth-order valence-electron chi connectivity index (χ4n) is 3.51. The van der Waals surface area contributed by atoms with Crippen LogP contribution < -0.4 is 19.5 Å². The van der Waals surface area contributed by atoms with Crippen molar-refractivity contribution in [2.24, 2.45) is 5.10 Å². The predicted molar refractivity (Wildman–Crippen MR) is 115 cm³/mol. The zero-order valence-corrected chi connectivity index (χ0v) is 18.1. The van der Waals surface area contributed by atoms with Gasteiger partial charge in [0.15, 0.2) is 11.5 Å². The number of hydrogen-bond donors (Lipinski definition) is 0. The molecule has 1 amide bonds. The summed E-state index contributed by atoms with van der Waals surface area (Å²) in [5, 5.41) is 16.8. The van der Waals surface area contributed by atoms with Crippen LogP contribution in [0, 0.1) is 0 Å². The Morgan fingerprint density at radius 3 is 2.32 bits per heavy atom. The lowest BCUT2D eigenvalue weighted by atomic mass is 9.97. The Morgan fingerprint density at radius 1 is 1.06 bits per heavy atom. The highest BCUT2D eigenvalue weighted by molar-refractivity contribution is 6.03. The first-order valence-corrected chi connectivity index (χ1v) is 9.93. The SMILES string of the molecule is COc1ccc(C2=NN(C(=O)CCC(=O)[O-])[C@H](c3ccc(N(C)C)cc3)C2)cc1OC. The summed E-state index contributed by atoms with van der Waals surface area (Å²) in [6, 6.07) is 13.0. The van der Waals surface area contributed by atoms with Gasteiger partial charge in [-0.25, -0.2) is 5.01 Å². The van der Waals surface area contributed by atoms with Gasteiger partial charge >= 0.3 is 0 Å². The molecule has 0 bridgehead atoms. The molecule has 0 aliphatic carbocycles. The van der Waals surface area contributed by atoms with Gasteiger partial charge in [-0.1, -0.05) is 12.1 Å². The van der Waals surface area contributed by atoms with E-state index in [1.54, 1.807) is 20.3 Å². The number of hydrogen-bond acceptors (Lipinski definition) is 7. The Morgan fingerprint density at radius 2 is 1.74 bits per heavy atom. The van der Waals surface area contributed by atoms with Gasteiger partial charge in [0, 0.05) is 44.2 Å². The first kappa shape index (κ1) is 22.1. The van der Waals surface area contributed by atoms with Crippen LogP contribution in [0.25, 0.3) is 0 Å². The summed E-state index contributed by atoms with van der Waals surface area (Å²) in [6.45, 7) is 0. The molecule has 0 spiro atoms. The van der Waals surface area contributed by atoms with E-state index in [9.17, 15) is 14.7 Å². The second-order valence-corrected chi connectivity index (χ2v) is 7.43. The van der Waals surface area contributed by atoms with E-state index in [2.05, 4.69) is 5.10 Å². The van der Waals surface area contributed by atoms with E-state index >= 15 is 0 Å². The lowest BCUT2D eigenvalue weighted by Crippen LogP contribution is -2.29. The number of anilines is 1. The van der Waals surface area contributed by atoms with E-state index in [1.807, 2.05) is 55.4 Å². The van der Waals surface area contributed by atoms with E-state index in [-0.39, 0.29) is 24.8 Å². The van der Waals surface area contributed by atoms with Crippen molar-refractivity contribution < 1.29 is 24.2 Å². The molecule has 0 fully saturated rings. The molecule has 1 aliphatic heterocycles. The third kappa shape index (κ3) is 4.96. The van der Waals surface area contributed by atoms with E-state index < -0.39 is 5.97 Å². The molecule has 0 radical (unpaired) electrons. The number of ether oxygens (including phenoxy) is 2. The third-order valence-electron chi connectivity index (χ3n) is 5.22. The van der Waals surface area contributed by atoms with Gasteiger partial charge in [-0.3, -0.25) is 4.79 Å². The van der Waals surface area contributed by atoms with E-state index in [0.717, 1.165) is 16.8 Å². The Balaban J connectivity index is 1.93. The Kier molecular flexibility index (Phi) is 6.79. The first-order valence-electron chi connectivity index (χ1n) is 9.93. The molecule has 8 nitrogen and oxygen atoms in total. The summed E-state index contributed by atoms with van der Waals surface area (Å²) in [5.41, 5.74) is 3.48. The van der Waals surface area contributed by atoms with Crippen LogP contribution in [0.15, 0.2) is 47.6 Å². The Labute approximate surface area is 181 Å². The standard InChI is InChI=1S/C23H27N3O5/c1-25(2)17-8-5-15(6-9-17)19-14-18(24-26(19)22(27)11-12-23(28)29)16-7-10-20(30-3)21(13-16)31-4/h5-10,13,19H,11-12,14H2,1-4H3,(H,28,29)/p-1/t19-/m0/s1. The number of nitrogens with zero attached hydrogens (tertiary/aromatic N) is 3. The van der Waals surface area contributed by atoms with Crippen molar-refractivity contribution in [3.05, 3.63) is 53.6 Å². The highest BCUT2D eigenvalue weighted by Gasteiger charge is 2.33. The van der Waals surface area contributed by atoms with Gasteiger partial charge in [0.2, 0.25) is 5.91 Å². The molecule has 0 aromatic heterocycles. The number of carboxylic acids is 1. The molecule has 164 valence electrons. The van der Waals surface area contributed by atoms with Crippen LogP contribution in [0.3, 0.4) is 0 Å². The van der Waals surface area contributed by atoms with Crippen LogP contribution in [0.5, 0.6) is 11.5 Å². The average molecular weight is 424 g/mol. The lowest BCUT2D eigenvalue weighted by Gasteiger charge is -2.23. The topological polar surface area (TPSA) is 94.5 Å². The molecule has 0 saturated carbocycles. The van der Waals surface area contributed by atoms with Gasteiger partial charge < -0.3 is 24.3 Å². The van der Waals surface area contributed by atoms with E-state index in [0.29, 0.717) is 23.6 Å². The van der Waals surface area contributed by atoms with E-state index in [4.69, 9.17) is 9.47 Å². The largest absolute Gasteiger partial charge is 0.550 e. The average Bonchev–Trinajstić information content (AvgIpc) is 3.22. The minimum absolute atomic E-state index is 0.169. The van der Waals surface area contributed by atoms with Gasteiger partial charge in [0.05, 0.1) is 26.0 Å². The highest BCUT2D eigenvalue weighted by Crippen LogP contribution is 2.36. The first-order chi connectivity index (χ1) is 14.8. The summed E-state index contributed by atoms with van der Waals surface area (Å²) >= 11 is 0. The minimum Gasteiger partial charge on any atom is -0.550 e. The molecule has 1 atom stereocenters. The molecule has 0 unspecified atom stereocenters. The van der Waals surface area contributed by atoms with Gasteiger partial charge in [0.1, 0.15) is 0 Å². The maximum absolute atomic E-state index is 12.8. The van der Waals surface area contributed by atoms with Crippen molar-refractivity contribution in [3.8, 4) is 11.5 Å². The molecular formula is C23H26N3O5-. The fourth-order valence-corrected chi connectivity index (χ4v) is 3.51. The number of benzene rings is 2. The molecule has 1 aliphatic rings. The zero-order valence-electron chi connectivity index (χ0n) is 18.1. The van der Waals surface area contributed by atoms with Crippen LogP contribution in [0.2, 0.25) is 0 Å². The van der Waals surface area contributed by atoms with Gasteiger partial charge in [-0.15, -0.1) is 0 Å². The van der Waals surface area contributed by atoms with Crippen molar-refractivity contribution in [1.82, 2.24) is 5.01 Å². The molecular weight excluding hydrogens is 398 g/mol. The molecule has 8 heteroatoms. The van der Waals surface area contributed by atoms with E-state index in [1.165, 1.54) is 5.01 Å². The van der Waals surface area contributed by atoms with Crippen LogP contribution >= 0.6 is 0 Å².